The summed E-state index contributed by atoms with van der Waals surface area (Å²) >= 11 is 0. The van der Waals surface area contributed by atoms with Crippen molar-refractivity contribution < 1.29 is 4.42 Å². The average Bonchev–Trinajstić information content (AvgIpc) is 2.94. The molecule has 1 aliphatic carbocycles. The smallest absolute Gasteiger partial charge is 0.247 e. The van der Waals surface area contributed by atoms with Crippen LogP contribution >= 0.6 is 0 Å². The minimum Gasteiger partial charge on any atom is -0.423 e. The fourth-order valence-corrected chi connectivity index (χ4v) is 3.05. The first-order valence-corrected chi connectivity index (χ1v) is 7.76. The van der Waals surface area contributed by atoms with E-state index < -0.39 is 0 Å². The third-order valence-electron chi connectivity index (χ3n) is 4.44. The lowest BCUT2D eigenvalue weighted by Crippen LogP contribution is -2.19. The summed E-state index contributed by atoms with van der Waals surface area (Å²) in [4.78, 5) is 0. The Kier molecular flexibility index (Phi) is 3.95. The SMILES string of the molecule is CC1(C)CCCC(Nc2ccc(-c3nnco3)cc2)CC1. The molecule has 1 saturated carbocycles. The predicted molar refractivity (Wildman–Crippen MR) is 84.0 cm³/mol. The molecule has 112 valence electrons. The molecule has 21 heavy (non-hydrogen) atoms. The van der Waals surface area contributed by atoms with Crippen LogP contribution in [0.25, 0.3) is 11.5 Å². The Labute approximate surface area is 126 Å². The van der Waals surface area contributed by atoms with Gasteiger partial charge in [-0.05, 0) is 55.4 Å². The van der Waals surface area contributed by atoms with E-state index in [-0.39, 0.29) is 0 Å². The zero-order valence-corrected chi connectivity index (χ0v) is 12.8. The van der Waals surface area contributed by atoms with Crippen LogP contribution in [0.1, 0.15) is 46.0 Å². The number of benzene rings is 1. The highest BCUT2D eigenvalue weighted by Gasteiger charge is 2.24. The van der Waals surface area contributed by atoms with Crippen molar-refractivity contribution in [3.05, 3.63) is 30.7 Å². The van der Waals surface area contributed by atoms with E-state index in [0.717, 1.165) is 5.56 Å². The molecule has 0 spiro atoms. The van der Waals surface area contributed by atoms with E-state index in [1.165, 1.54) is 44.2 Å². The van der Waals surface area contributed by atoms with Crippen molar-refractivity contribution in [2.24, 2.45) is 5.41 Å². The number of nitrogens with zero attached hydrogens (tertiary/aromatic N) is 2. The minimum absolute atomic E-state index is 0.498. The molecule has 0 saturated heterocycles. The number of rotatable bonds is 3. The second kappa shape index (κ2) is 5.88. The predicted octanol–water partition coefficient (Wildman–Crippen LogP) is 4.51. The van der Waals surface area contributed by atoms with Crippen molar-refractivity contribution >= 4 is 5.69 Å². The van der Waals surface area contributed by atoms with Gasteiger partial charge >= 0.3 is 0 Å². The normalized spacial score (nSPS) is 21.7. The zero-order chi connectivity index (χ0) is 14.7. The van der Waals surface area contributed by atoms with E-state index in [1.807, 2.05) is 12.1 Å². The van der Waals surface area contributed by atoms with Crippen LogP contribution in [0.4, 0.5) is 5.69 Å². The van der Waals surface area contributed by atoms with E-state index in [0.29, 0.717) is 17.3 Å². The van der Waals surface area contributed by atoms with Crippen LogP contribution in [0.3, 0.4) is 0 Å². The number of nitrogens with one attached hydrogen (secondary N) is 1. The maximum Gasteiger partial charge on any atom is 0.247 e. The van der Waals surface area contributed by atoms with Crippen LogP contribution in [0.5, 0.6) is 0 Å². The van der Waals surface area contributed by atoms with Gasteiger partial charge in [-0.2, -0.15) is 0 Å². The third kappa shape index (κ3) is 3.63. The van der Waals surface area contributed by atoms with Gasteiger partial charge in [-0.1, -0.05) is 20.3 Å². The summed E-state index contributed by atoms with van der Waals surface area (Å²) in [5.41, 5.74) is 2.63. The lowest BCUT2D eigenvalue weighted by Gasteiger charge is -2.22. The summed E-state index contributed by atoms with van der Waals surface area (Å²) in [5, 5.41) is 11.3. The second-order valence-corrected chi connectivity index (χ2v) is 6.76. The molecule has 1 atom stereocenters. The number of aromatic nitrogens is 2. The Hall–Kier alpha value is -1.84. The molecule has 1 aromatic heterocycles. The Bertz CT molecular complexity index is 560. The largest absolute Gasteiger partial charge is 0.423 e. The molecule has 1 heterocycles. The standard InChI is InChI=1S/C17H23N3O/c1-17(2)10-3-4-14(9-11-17)19-15-7-5-13(6-8-15)16-20-18-12-21-16/h5-8,12,14,19H,3-4,9-11H2,1-2H3. The summed E-state index contributed by atoms with van der Waals surface area (Å²) in [5.74, 6) is 0.567. The molecule has 1 aliphatic rings. The molecule has 1 unspecified atom stereocenters. The summed E-state index contributed by atoms with van der Waals surface area (Å²) in [6.45, 7) is 4.77. The van der Waals surface area contributed by atoms with Gasteiger partial charge < -0.3 is 9.73 Å². The van der Waals surface area contributed by atoms with Crippen molar-refractivity contribution in [2.75, 3.05) is 5.32 Å². The molecule has 0 amide bonds. The number of hydrogen-bond donors (Lipinski definition) is 1. The van der Waals surface area contributed by atoms with Gasteiger partial charge in [0.25, 0.3) is 0 Å². The summed E-state index contributed by atoms with van der Waals surface area (Å²) in [6.07, 6.45) is 7.80. The van der Waals surface area contributed by atoms with Gasteiger partial charge in [0.05, 0.1) is 0 Å². The second-order valence-electron chi connectivity index (χ2n) is 6.76. The molecular formula is C17H23N3O. The van der Waals surface area contributed by atoms with Gasteiger partial charge in [-0.25, -0.2) is 0 Å². The van der Waals surface area contributed by atoms with E-state index >= 15 is 0 Å². The Morgan fingerprint density at radius 1 is 1.14 bits per heavy atom. The van der Waals surface area contributed by atoms with Gasteiger partial charge in [0.1, 0.15) is 0 Å². The molecule has 1 aromatic carbocycles. The van der Waals surface area contributed by atoms with Crippen molar-refractivity contribution in [3.8, 4) is 11.5 Å². The molecule has 2 aromatic rings. The van der Waals surface area contributed by atoms with Gasteiger partial charge in [0.15, 0.2) is 0 Å². The minimum atomic E-state index is 0.498. The van der Waals surface area contributed by atoms with Crippen molar-refractivity contribution in [1.29, 1.82) is 0 Å². The van der Waals surface area contributed by atoms with Crippen LogP contribution < -0.4 is 5.32 Å². The molecule has 1 N–H and O–H groups in total. The van der Waals surface area contributed by atoms with Gasteiger partial charge in [-0.3, -0.25) is 0 Å². The van der Waals surface area contributed by atoms with Gasteiger partial charge in [-0.15, -0.1) is 10.2 Å². The average molecular weight is 285 g/mol. The monoisotopic (exact) mass is 285 g/mol. The summed E-state index contributed by atoms with van der Waals surface area (Å²) in [7, 11) is 0. The van der Waals surface area contributed by atoms with Crippen LogP contribution in [0.15, 0.2) is 35.1 Å². The molecule has 0 aliphatic heterocycles. The fourth-order valence-electron chi connectivity index (χ4n) is 3.05. The third-order valence-corrected chi connectivity index (χ3v) is 4.44. The fraction of sp³-hybridized carbons (Fsp3) is 0.529. The molecule has 0 bridgehead atoms. The molecular weight excluding hydrogens is 262 g/mol. The van der Waals surface area contributed by atoms with Crippen molar-refractivity contribution in [3.63, 3.8) is 0 Å². The molecule has 1 fully saturated rings. The molecule has 0 radical (unpaired) electrons. The highest BCUT2D eigenvalue weighted by molar-refractivity contribution is 5.58. The number of anilines is 1. The van der Waals surface area contributed by atoms with E-state index in [4.69, 9.17) is 4.42 Å². The van der Waals surface area contributed by atoms with Crippen LogP contribution in [0.2, 0.25) is 0 Å². The molecule has 3 rings (SSSR count). The van der Waals surface area contributed by atoms with E-state index in [2.05, 4.69) is 41.5 Å². The maximum atomic E-state index is 5.21. The van der Waals surface area contributed by atoms with Gasteiger partial charge in [0, 0.05) is 17.3 Å². The van der Waals surface area contributed by atoms with E-state index in [1.54, 1.807) is 0 Å². The Balaban J connectivity index is 1.63. The molecule has 4 heteroatoms. The highest BCUT2D eigenvalue weighted by Crippen LogP contribution is 2.34. The first-order valence-electron chi connectivity index (χ1n) is 7.76. The summed E-state index contributed by atoms with van der Waals surface area (Å²) in [6, 6.07) is 8.82. The Morgan fingerprint density at radius 3 is 2.67 bits per heavy atom. The first-order chi connectivity index (χ1) is 10.1. The first kappa shape index (κ1) is 14.1. The number of hydrogen-bond acceptors (Lipinski definition) is 4. The lowest BCUT2D eigenvalue weighted by molar-refractivity contribution is 0.313. The zero-order valence-electron chi connectivity index (χ0n) is 12.8. The van der Waals surface area contributed by atoms with E-state index in [9.17, 15) is 0 Å². The van der Waals surface area contributed by atoms with Crippen LogP contribution in [0, 0.1) is 5.41 Å². The van der Waals surface area contributed by atoms with Crippen LogP contribution in [-0.4, -0.2) is 16.2 Å². The quantitative estimate of drug-likeness (QED) is 0.843. The molecule has 4 nitrogen and oxygen atoms in total. The Morgan fingerprint density at radius 2 is 1.95 bits per heavy atom. The van der Waals surface area contributed by atoms with Crippen molar-refractivity contribution in [2.45, 2.75) is 52.0 Å². The lowest BCUT2D eigenvalue weighted by atomic mass is 9.85. The maximum absolute atomic E-state index is 5.21. The highest BCUT2D eigenvalue weighted by atomic mass is 16.4. The topological polar surface area (TPSA) is 51.0 Å². The van der Waals surface area contributed by atoms with Gasteiger partial charge in [0.2, 0.25) is 12.3 Å². The summed E-state index contributed by atoms with van der Waals surface area (Å²) < 4.78 is 5.21. The van der Waals surface area contributed by atoms with Crippen LogP contribution in [-0.2, 0) is 0 Å². The van der Waals surface area contributed by atoms with Crippen molar-refractivity contribution in [1.82, 2.24) is 10.2 Å².